The molecule has 0 spiro atoms. The van der Waals surface area contributed by atoms with Crippen LogP contribution in [-0.2, 0) is 11.3 Å². The number of fused-ring (bicyclic) bond motifs is 5. The van der Waals surface area contributed by atoms with Crippen molar-refractivity contribution in [3.8, 4) is 5.75 Å². The first-order valence-electron chi connectivity index (χ1n) is 13.3. The Morgan fingerprint density at radius 3 is 2.60 bits per heavy atom. The van der Waals surface area contributed by atoms with Gasteiger partial charge in [-0.2, -0.15) is 0 Å². The molecule has 1 aliphatic heterocycles. The molecule has 0 amide bonds. The second-order valence-electron chi connectivity index (χ2n) is 12.0. The molecule has 3 atom stereocenters. The zero-order chi connectivity index (χ0) is 24.5. The number of benzene rings is 1. The number of aryl methyl sites for hydroxylation is 1. The van der Waals surface area contributed by atoms with Gasteiger partial charge >= 0.3 is 0 Å². The number of hydrogen-bond donors (Lipinski definition) is 0. The monoisotopic (exact) mass is 477 g/mol. The number of rotatable bonds is 5. The van der Waals surface area contributed by atoms with Gasteiger partial charge in [-0.05, 0) is 55.1 Å². The van der Waals surface area contributed by atoms with Crippen molar-refractivity contribution < 1.29 is 9.47 Å². The highest BCUT2D eigenvalue weighted by Crippen LogP contribution is 2.68. The van der Waals surface area contributed by atoms with Gasteiger partial charge in [0.05, 0.1) is 36.7 Å². The summed E-state index contributed by atoms with van der Waals surface area (Å²) in [5, 5.41) is 1.85. The van der Waals surface area contributed by atoms with Crippen LogP contribution in [0.3, 0.4) is 0 Å². The summed E-state index contributed by atoms with van der Waals surface area (Å²) in [6.45, 7) is 14.6. The molecule has 0 N–H and O–H groups in total. The van der Waals surface area contributed by atoms with Gasteiger partial charge in [-0.25, -0.2) is 0 Å². The fourth-order valence-electron chi connectivity index (χ4n) is 8.02. The Balaban J connectivity index is 1.56. The number of ether oxygens (including phenoxy) is 2. The zero-order valence-electron chi connectivity index (χ0n) is 21.9. The summed E-state index contributed by atoms with van der Waals surface area (Å²) in [5.41, 5.74) is 3.59. The summed E-state index contributed by atoms with van der Waals surface area (Å²) in [6.07, 6.45) is 3.72. The number of nitrogens with zero attached hydrogens (tertiary/aromatic N) is 3. The third kappa shape index (κ3) is 3.32. The Bertz CT molecular complexity index is 1340. The van der Waals surface area contributed by atoms with Crippen LogP contribution in [0.4, 0.5) is 0 Å². The molecule has 1 unspecified atom stereocenters. The highest BCUT2D eigenvalue weighted by atomic mass is 16.5. The quantitative estimate of drug-likeness (QED) is 0.519. The molecule has 6 rings (SSSR count). The van der Waals surface area contributed by atoms with Crippen LogP contribution in [0.25, 0.3) is 21.8 Å². The summed E-state index contributed by atoms with van der Waals surface area (Å²) in [6, 6.07) is 8.61. The summed E-state index contributed by atoms with van der Waals surface area (Å²) >= 11 is 0. The second kappa shape index (κ2) is 8.10. The molecule has 6 heteroatoms. The molecule has 2 saturated carbocycles. The van der Waals surface area contributed by atoms with Crippen molar-refractivity contribution in [2.75, 3.05) is 40.0 Å². The Morgan fingerprint density at radius 1 is 1.14 bits per heavy atom. The van der Waals surface area contributed by atoms with Crippen molar-refractivity contribution in [3.63, 3.8) is 0 Å². The van der Waals surface area contributed by atoms with Gasteiger partial charge in [0.25, 0.3) is 5.56 Å². The van der Waals surface area contributed by atoms with Crippen molar-refractivity contribution in [3.05, 3.63) is 40.3 Å². The van der Waals surface area contributed by atoms with E-state index in [1.807, 2.05) is 12.1 Å². The van der Waals surface area contributed by atoms with Crippen LogP contribution in [0.1, 0.15) is 51.8 Å². The first-order valence-corrected chi connectivity index (χ1v) is 13.3. The number of para-hydroxylation sites is 1. The fourth-order valence-corrected chi connectivity index (χ4v) is 8.02. The number of hydrogen-bond acceptors (Lipinski definition) is 4. The van der Waals surface area contributed by atoms with Gasteiger partial charge < -0.3 is 18.6 Å². The maximum absolute atomic E-state index is 14.5. The molecular formula is C29H39N3O3. The highest BCUT2D eigenvalue weighted by molar-refractivity contribution is 6.09. The van der Waals surface area contributed by atoms with Crippen molar-refractivity contribution in [1.82, 2.24) is 14.0 Å². The zero-order valence-corrected chi connectivity index (χ0v) is 21.9. The van der Waals surface area contributed by atoms with E-state index in [1.54, 1.807) is 7.11 Å². The lowest BCUT2D eigenvalue weighted by Crippen LogP contribution is -2.42. The fraction of sp³-hybridized carbons (Fsp3) is 0.621. The number of methoxy groups -OCH3 is 1. The Labute approximate surface area is 207 Å². The molecule has 35 heavy (non-hydrogen) atoms. The normalized spacial score (nSPS) is 28.4. The van der Waals surface area contributed by atoms with Crippen LogP contribution in [0.2, 0.25) is 0 Å². The van der Waals surface area contributed by atoms with Crippen molar-refractivity contribution >= 4 is 21.8 Å². The molecule has 188 valence electrons. The van der Waals surface area contributed by atoms with E-state index in [-0.39, 0.29) is 22.4 Å². The van der Waals surface area contributed by atoms with Crippen molar-refractivity contribution in [2.45, 2.75) is 59.5 Å². The average molecular weight is 478 g/mol. The molecule has 3 fully saturated rings. The van der Waals surface area contributed by atoms with Crippen LogP contribution in [0.5, 0.6) is 5.75 Å². The lowest BCUT2D eigenvalue weighted by molar-refractivity contribution is 0.0366. The first kappa shape index (κ1) is 23.1. The van der Waals surface area contributed by atoms with E-state index in [9.17, 15) is 4.79 Å². The van der Waals surface area contributed by atoms with E-state index in [1.165, 1.54) is 19.3 Å². The summed E-state index contributed by atoms with van der Waals surface area (Å²) in [4.78, 5) is 16.9. The Hall–Kier alpha value is -2.31. The van der Waals surface area contributed by atoms with Crippen LogP contribution in [0.15, 0.2) is 29.1 Å². The van der Waals surface area contributed by atoms with Gasteiger partial charge in [0.15, 0.2) is 0 Å². The molecule has 2 aliphatic carbocycles. The maximum atomic E-state index is 14.5. The predicted octanol–water partition coefficient (Wildman–Crippen LogP) is 4.99. The standard InChI is InChI=1S/C29H39N3O3/c1-19-17-22-24(26(33)32(19)27-28(2,3)20-9-10-29(27,4)18-20)21-7-6-8-23(34-5)25(21)31(22)12-11-30-13-15-35-16-14-30/h6-8,17,20,27H,9-16,18H2,1-5H3/t20?,27-,29+/m1/s1. The van der Waals surface area contributed by atoms with Crippen molar-refractivity contribution in [1.29, 1.82) is 0 Å². The van der Waals surface area contributed by atoms with Gasteiger partial charge in [0, 0.05) is 43.3 Å². The predicted molar refractivity (Wildman–Crippen MR) is 141 cm³/mol. The Kier molecular flexibility index (Phi) is 5.35. The molecule has 0 radical (unpaired) electrons. The van der Waals surface area contributed by atoms with E-state index < -0.39 is 0 Å². The van der Waals surface area contributed by atoms with E-state index in [0.717, 1.165) is 72.6 Å². The minimum absolute atomic E-state index is 0.113. The molecule has 3 aliphatic rings. The van der Waals surface area contributed by atoms with E-state index in [2.05, 4.69) is 53.9 Å². The maximum Gasteiger partial charge on any atom is 0.261 e. The molecule has 3 aromatic rings. The SMILES string of the molecule is COc1cccc2c3c(=O)n([C@@H]4C(C)(C)C5CC[C@@]4(C)C5)c(C)cc3n(CCN3CCOCC3)c12. The van der Waals surface area contributed by atoms with Gasteiger partial charge in [0.1, 0.15) is 5.75 Å². The van der Waals surface area contributed by atoms with Gasteiger partial charge in [0.2, 0.25) is 0 Å². The van der Waals surface area contributed by atoms with Crippen LogP contribution in [0, 0.1) is 23.7 Å². The van der Waals surface area contributed by atoms with Gasteiger partial charge in [-0.3, -0.25) is 9.69 Å². The van der Waals surface area contributed by atoms with Crippen molar-refractivity contribution in [2.24, 2.45) is 16.7 Å². The summed E-state index contributed by atoms with van der Waals surface area (Å²) < 4.78 is 15.9. The topological polar surface area (TPSA) is 48.6 Å². The van der Waals surface area contributed by atoms with Crippen LogP contribution < -0.4 is 10.3 Å². The van der Waals surface area contributed by atoms with Crippen LogP contribution in [-0.4, -0.2) is 54.0 Å². The molecule has 3 heterocycles. The number of pyridine rings is 1. The minimum Gasteiger partial charge on any atom is -0.495 e. The molecule has 2 bridgehead atoms. The number of morpholine rings is 1. The first-order chi connectivity index (χ1) is 16.8. The largest absolute Gasteiger partial charge is 0.495 e. The second-order valence-corrected chi connectivity index (χ2v) is 12.0. The molecule has 2 aromatic heterocycles. The lowest BCUT2D eigenvalue weighted by Gasteiger charge is -2.44. The molecular weight excluding hydrogens is 438 g/mol. The smallest absolute Gasteiger partial charge is 0.261 e. The Morgan fingerprint density at radius 2 is 1.91 bits per heavy atom. The molecule has 1 saturated heterocycles. The van der Waals surface area contributed by atoms with E-state index in [4.69, 9.17) is 9.47 Å². The van der Waals surface area contributed by atoms with Crippen LogP contribution >= 0.6 is 0 Å². The molecule has 1 aromatic carbocycles. The summed E-state index contributed by atoms with van der Waals surface area (Å²) in [7, 11) is 1.72. The average Bonchev–Trinajstić information content (AvgIpc) is 3.44. The number of aromatic nitrogens is 2. The highest BCUT2D eigenvalue weighted by Gasteiger charge is 2.60. The third-order valence-corrected chi connectivity index (χ3v) is 9.66. The molecule has 6 nitrogen and oxygen atoms in total. The minimum atomic E-state index is 0.113. The summed E-state index contributed by atoms with van der Waals surface area (Å²) in [5.74, 6) is 1.52. The van der Waals surface area contributed by atoms with E-state index in [0.29, 0.717) is 5.92 Å². The lowest BCUT2D eigenvalue weighted by atomic mass is 9.68. The van der Waals surface area contributed by atoms with Gasteiger partial charge in [-0.1, -0.05) is 32.9 Å². The van der Waals surface area contributed by atoms with Gasteiger partial charge in [-0.15, -0.1) is 0 Å². The van der Waals surface area contributed by atoms with E-state index >= 15 is 0 Å². The third-order valence-electron chi connectivity index (χ3n) is 9.66.